The predicted molar refractivity (Wildman–Crippen MR) is 68.9 cm³/mol. The molecule has 0 bridgehead atoms. The van der Waals surface area contributed by atoms with Crippen LogP contribution in [0.3, 0.4) is 0 Å². The number of rotatable bonds is 5. The van der Waals surface area contributed by atoms with Crippen molar-refractivity contribution in [1.29, 1.82) is 0 Å². The number of carbonyl (C=O) groups is 2. The molecule has 6 heteroatoms. The van der Waals surface area contributed by atoms with Crippen LogP contribution in [0.1, 0.15) is 12.8 Å². The van der Waals surface area contributed by atoms with Crippen molar-refractivity contribution in [1.82, 2.24) is 0 Å². The molecule has 1 amide bonds. The van der Waals surface area contributed by atoms with Crippen molar-refractivity contribution < 1.29 is 19.4 Å². The number of carboxylic acids is 1. The molecule has 19 heavy (non-hydrogen) atoms. The maximum atomic E-state index is 11.5. The van der Waals surface area contributed by atoms with Gasteiger partial charge in [0.25, 0.3) is 0 Å². The molecule has 1 saturated carbocycles. The van der Waals surface area contributed by atoms with E-state index < -0.39 is 23.3 Å². The molecule has 0 saturated heterocycles. The molecule has 0 unspecified atom stereocenters. The third-order valence-corrected chi connectivity index (χ3v) is 3.48. The molecule has 1 aromatic rings. The Kier molecular flexibility index (Phi) is 3.33. The van der Waals surface area contributed by atoms with Crippen LogP contribution in [0.2, 0.25) is 0 Å². The van der Waals surface area contributed by atoms with Crippen molar-refractivity contribution in [3.05, 3.63) is 24.3 Å². The van der Waals surface area contributed by atoms with Gasteiger partial charge in [0.1, 0.15) is 11.3 Å². The normalized spacial score (nSPS) is 25.2. The standard InChI is InChI=1S/C13H16N2O4/c1-19-10-4-2-9(3-5-10)15-13(12(14)18)6-8(7-13)11(16)17/h2-5,8,15H,6-7H2,1H3,(H2,14,18)(H,16,17). The van der Waals surface area contributed by atoms with Crippen LogP contribution in [0.25, 0.3) is 0 Å². The topological polar surface area (TPSA) is 102 Å². The SMILES string of the molecule is COc1ccc(NC2(C(N)=O)CC(C(=O)O)C2)cc1. The first-order chi connectivity index (χ1) is 8.97. The number of methoxy groups -OCH3 is 1. The van der Waals surface area contributed by atoms with Crippen LogP contribution in [0, 0.1) is 5.92 Å². The molecule has 1 aromatic carbocycles. The highest BCUT2D eigenvalue weighted by molar-refractivity contribution is 5.91. The Balaban J connectivity index is 2.10. The van der Waals surface area contributed by atoms with Gasteiger partial charge in [-0.1, -0.05) is 0 Å². The van der Waals surface area contributed by atoms with Crippen molar-refractivity contribution in [2.75, 3.05) is 12.4 Å². The van der Waals surface area contributed by atoms with Gasteiger partial charge in [-0.05, 0) is 37.1 Å². The van der Waals surface area contributed by atoms with Crippen molar-refractivity contribution in [2.24, 2.45) is 11.7 Å². The smallest absolute Gasteiger partial charge is 0.306 e. The Morgan fingerprint density at radius 1 is 1.37 bits per heavy atom. The maximum absolute atomic E-state index is 11.5. The highest BCUT2D eigenvalue weighted by atomic mass is 16.5. The van der Waals surface area contributed by atoms with E-state index in [1.54, 1.807) is 31.4 Å². The number of benzene rings is 1. The van der Waals surface area contributed by atoms with E-state index in [2.05, 4.69) is 5.32 Å². The Labute approximate surface area is 110 Å². The zero-order valence-corrected chi connectivity index (χ0v) is 10.6. The molecule has 4 N–H and O–H groups in total. The fraction of sp³-hybridized carbons (Fsp3) is 0.385. The molecule has 0 atom stereocenters. The molecule has 0 aliphatic heterocycles. The lowest BCUT2D eigenvalue weighted by Crippen LogP contribution is -2.60. The molecule has 0 heterocycles. The summed E-state index contributed by atoms with van der Waals surface area (Å²) in [5.41, 5.74) is 5.13. The van der Waals surface area contributed by atoms with Gasteiger partial charge in [-0.25, -0.2) is 0 Å². The number of amides is 1. The highest BCUT2D eigenvalue weighted by Gasteiger charge is 2.52. The summed E-state index contributed by atoms with van der Waals surface area (Å²) in [5.74, 6) is -1.23. The van der Waals surface area contributed by atoms with Gasteiger partial charge in [-0.3, -0.25) is 9.59 Å². The minimum atomic E-state index is -0.961. The number of primary amides is 1. The summed E-state index contributed by atoms with van der Waals surface area (Å²) in [6, 6.07) is 7.03. The fourth-order valence-corrected chi connectivity index (χ4v) is 2.27. The van der Waals surface area contributed by atoms with Gasteiger partial charge in [-0.15, -0.1) is 0 Å². The van der Waals surface area contributed by atoms with Crippen molar-refractivity contribution in [3.63, 3.8) is 0 Å². The Morgan fingerprint density at radius 3 is 2.37 bits per heavy atom. The molecule has 1 fully saturated rings. The van der Waals surface area contributed by atoms with Crippen molar-refractivity contribution in [3.8, 4) is 5.75 Å². The lowest BCUT2D eigenvalue weighted by Gasteiger charge is -2.44. The third-order valence-electron chi connectivity index (χ3n) is 3.48. The van der Waals surface area contributed by atoms with Crippen LogP contribution in [0.5, 0.6) is 5.75 Å². The Hall–Kier alpha value is -2.24. The van der Waals surface area contributed by atoms with Crippen LogP contribution in [0.4, 0.5) is 5.69 Å². The number of hydrogen-bond acceptors (Lipinski definition) is 4. The van der Waals surface area contributed by atoms with Crippen LogP contribution in [0.15, 0.2) is 24.3 Å². The second kappa shape index (κ2) is 4.79. The molecule has 2 rings (SSSR count). The van der Waals surface area contributed by atoms with E-state index >= 15 is 0 Å². The van der Waals surface area contributed by atoms with Gasteiger partial charge in [0, 0.05) is 5.69 Å². The number of carboxylic acid groups (broad SMARTS) is 1. The first-order valence-electron chi connectivity index (χ1n) is 5.92. The largest absolute Gasteiger partial charge is 0.497 e. The average molecular weight is 264 g/mol. The molecule has 1 aliphatic rings. The minimum Gasteiger partial charge on any atom is -0.497 e. The molecule has 0 radical (unpaired) electrons. The first kappa shape index (κ1) is 13.2. The number of aliphatic carboxylic acids is 1. The maximum Gasteiger partial charge on any atom is 0.306 e. The molecule has 6 nitrogen and oxygen atoms in total. The zero-order valence-electron chi connectivity index (χ0n) is 10.6. The number of carbonyl (C=O) groups excluding carboxylic acids is 1. The van der Waals surface area contributed by atoms with E-state index in [-0.39, 0.29) is 12.8 Å². The number of anilines is 1. The lowest BCUT2D eigenvalue weighted by atomic mass is 9.67. The second-order valence-electron chi connectivity index (χ2n) is 4.74. The lowest BCUT2D eigenvalue weighted by molar-refractivity contribution is -0.148. The molecule has 0 spiro atoms. The summed E-state index contributed by atoms with van der Waals surface area (Å²) >= 11 is 0. The summed E-state index contributed by atoms with van der Waals surface area (Å²) < 4.78 is 5.04. The third kappa shape index (κ3) is 2.47. The van der Waals surface area contributed by atoms with Crippen LogP contribution in [-0.2, 0) is 9.59 Å². The van der Waals surface area contributed by atoms with Crippen LogP contribution in [-0.4, -0.2) is 29.6 Å². The van der Waals surface area contributed by atoms with E-state index in [9.17, 15) is 9.59 Å². The number of nitrogens with two attached hydrogens (primary N) is 1. The molecular weight excluding hydrogens is 248 g/mol. The fourth-order valence-electron chi connectivity index (χ4n) is 2.27. The predicted octanol–water partition coefficient (Wildman–Crippen LogP) is 0.826. The van der Waals surface area contributed by atoms with E-state index in [0.717, 1.165) is 0 Å². The number of hydrogen-bond donors (Lipinski definition) is 3. The minimum absolute atomic E-state index is 0.212. The molecular formula is C13H16N2O4. The van der Waals surface area contributed by atoms with Gasteiger partial charge < -0.3 is 20.9 Å². The van der Waals surface area contributed by atoms with E-state index in [1.165, 1.54) is 0 Å². The van der Waals surface area contributed by atoms with Crippen LogP contribution >= 0.6 is 0 Å². The number of ether oxygens (including phenoxy) is 1. The van der Waals surface area contributed by atoms with Crippen LogP contribution < -0.4 is 15.8 Å². The monoisotopic (exact) mass is 264 g/mol. The van der Waals surface area contributed by atoms with Gasteiger partial charge in [0.15, 0.2) is 0 Å². The summed E-state index contributed by atoms with van der Waals surface area (Å²) in [6.07, 6.45) is 0.424. The summed E-state index contributed by atoms with van der Waals surface area (Å²) in [4.78, 5) is 22.4. The van der Waals surface area contributed by atoms with E-state index in [4.69, 9.17) is 15.6 Å². The zero-order chi connectivity index (χ0) is 14.0. The first-order valence-corrected chi connectivity index (χ1v) is 5.92. The summed E-state index contributed by atoms with van der Waals surface area (Å²) in [5, 5.41) is 11.9. The highest BCUT2D eigenvalue weighted by Crippen LogP contribution is 2.40. The van der Waals surface area contributed by atoms with Crippen molar-refractivity contribution >= 4 is 17.6 Å². The quantitative estimate of drug-likeness (QED) is 0.731. The van der Waals surface area contributed by atoms with Gasteiger partial charge >= 0.3 is 5.97 Å². The van der Waals surface area contributed by atoms with Gasteiger partial charge in [0.05, 0.1) is 13.0 Å². The number of nitrogens with one attached hydrogen (secondary N) is 1. The van der Waals surface area contributed by atoms with Gasteiger partial charge in [-0.2, -0.15) is 0 Å². The molecule has 102 valence electrons. The van der Waals surface area contributed by atoms with Gasteiger partial charge in [0.2, 0.25) is 5.91 Å². The van der Waals surface area contributed by atoms with E-state index in [0.29, 0.717) is 11.4 Å². The summed E-state index contributed by atoms with van der Waals surface area (Å²) in [6.45, 7) is 0. The van der Waals surface area contributed by atoms with Crippen molar-refractivity contribution in [2.45, 2.75) is 18.4 Å². The second-order valence-corrected chi connectivity index (χ2v) is 4.74. The molecule has 0 aromatic heterocycles. The molecule has 1 aliphatic carbocycles. The summed E-state index contributed by atoms with van der Waals surface area (Å²) in [7, 11) is 1.57. The average Bonchev–Trinajstić information content (AvgIpc) is 2.33. The Morgan fingerprint density at radius 2 is 1.95 bits per heavy atom. The Bertz CT molecular complexity index is 492. The van der Waals surface area contributed by atoms with E-state index in [1.807, 2.05) is 0 Å².